The molecule has 0 saturated carbocycles. The number of nitrogens with zero attached hydrogens (tertiary/aromatic N) is 5. The van der Waals surface area contributed by atoms with Gasteiger partial charge in [-0.3, -0.25) is 19.2 Å². The first-order valence-electron chi connectivity index (χ1n) is 25.4. The minimum absolute atomic E-state index is 0.0144. The molecule has 19 heteroatoms. The van der Waals surface area contributed by atoms with Crippen LogP contribution in [0.15, 0.2) is 96.5 Å². The standard InChI is InChI=1S/C57H65F3N8O6S2/c1-36-49(76-34-63-36)40-11-9-37(10-12-40)32-62-52(71)48-30-45(69)33-67(48)53(72)50(55(2,3)4)65-51(70)41-15-13-38(14-16-41)39-23-26-66(27-24-39)25-7-8-28-74-46-21-19-44(20-22-46)68(35-75)56(5,6)54(73)64-43-18-17-42(31-61)47(29-43)57(58,59)60/h9-22,29,34-35,39,45,48,50,69H,7-8,23-28,30,32-33H2,1-6H3,(H,62,71)(H,64,73)(H,65,70)/t45-,48+,50-/m1/s1. The van der Waals surface area contributed by atoms with Crippen LogP contribution >= 0.6 is 23.6 Å². The van der Waals surface area contributed by atoms with E-state index in [4.69, 9.17) is 22.2 Å². The number of aryl methyl sites for hydroxylation is 1. The van der Waals surface area contributed by atoms with Gasteiger partial charge in [0.25, 0.3) is 5.91 Å². The van der Waals surface area contributed by atoms with E-state index in [9.17, 15) is 37.5 Å². The third-order valence-electron chi connectivity index (χ3n) is 14.1. The van der Waals surface area contributed by atoms with Crippen LogP contribution in [0.25, 0.3) is 10.4 Å². The molecule has 5 aromatic rings. The van der Waals surface area contributed by atoms with E-state index in [2.05, 4.69) is 25.8 Å². The van der Waals surface area contributed by atoms with Gasteiger partial charge in [0.2, 0.25) is 17.7 Å². The Kier molecular flexibility index (Phi) is 18.4. The number of hydrogen-bond donors (Lipinski definition) is 4. The number of thiocarbonyl (C=S) groups is 1. The van der Waals surface area contributed by atoms with Crippen molar-refractivity contribution in [3.05, 3.63) is 130 Å². The average Bonchev–Trinajstić information content (AvgIpc) is 4.02. The molecule has 0 unspecified atom stereocenters. The van der Waals surface area contributed by atoms with Gasteiger partial charge in [0.15, 0.2) is 0 Å². The van der Waals surface area contributed by atoms with E-state index < -0.39 is 64.2 Å². The molecule has 0 spiro atoms. The van der Waals surface area contributed by atoms with Crippen LogP contribution in [0.4, 0.5) is 24.5 Å². The summed E-state index contributed by atoms with van der Waals surface area (Å²) in [6.45, 7) is 14.3. The summed E-state index contributed by atoms with van der Waals surface area (Å²) in [6.07, 6.45) is -1.84. The van der Waals surface area contributed by atoms with E-state index in [1.165, 1.54) is 22.5 Å². The van der Waals surface area contributed by atoms with Gasteiger partial charge in [-0.2, -0.15) is 18.4 Å². The Bertz CT molecular complexity index is 2890. The number of carbonyl (C=O) groups excluding carboxylic acids is 4. The molecule has 402 valence electrons. The molecule has 1 aromatic heterocycles. The number of halogens is 3. The number of hydrogen-bond acceptors (Lipinski definition) is 11. The molecule has 0 radical (unpaired) electrons. The summed E-state index contributed by atoms with van der Waals surface area (Å²) in [5.74, 6) is -0.819. The first-order valence-corrected chi connectivity index (χ1v) is 26.7. The summed E-state index contributed by atoms with van der Waals surface area (Å²) in [5.41, 5.74) is 4.38. The van der Waals surface area contributed by atoms with Gasteiger partial charge in [-0.1, -0.05) is 69.4 Å². The highest BCUT2D eigenvalue weighted by atomic mass is 32.1. The predicted molar refractivity (Wildman–Crippen MR) is 292 cm³/mol. The highest BCUT2D eigenvalue weighted by molar-refractivity contribution is 7.79. The molecule has 2 aliphatic rings. The van der Waals surface area contributed by atoms with Gasteiger partial charge < -0.3 is 40.5 Å². The summed E-state index contributed by atoms with van der Waals surface area (Å²) >= 11 is 6.83. The second-order valence-corrected chi connectivity index (χ2v) is 22.1. The summed E-state index contributed by atoms with van der Waals surface area (Å²) in [6, 6.07) is 25.2. The van der Waals surface area contributed by atoms with Crippen LogP contribution in [0.1, 0.15) is 111 Å². The third kappa shape index (κ3) is 14.0. The normalized spacial score (nSPS) is 16.8. The van der Waals surface area contributed by atoms with E-state index in [1.54, 1.807) is 66.5 Å². The average molecular weight is 1080 g/mol. The number of carbonyl (C=O) groups is 4. The minimum Gasteiger partial charge on any atom is -0.494 e. The number of β-amino-alcohol motifs (C(OH)–C–C–N with tert-alkyl or cyclic N) is 1. The van der Waals surface area contributed by atoms with Gasteiger partial charge in [0.05, 0.1) is 51.5 Å². The monoisotopic (exact) mass is 1080 g/mol. The van der Waals surface area contributed by atoms with Gasteiger partial charge in [0.1, 0.15) is 23.4 Å². The van der Waals surface area contributed by atoms with E-state index in [0.717, 1.165) is 84.7 Å². The summed E-state index contributed by atoms with van der Waals surface area (Å²) in [7, 11) is 0. The Morgan fingerprint density at radius 2 is 1.64 bits per heavy atom. The zero-order valence-corrected chi connectivity index (χ0v) is 45.2. The van der Waals surface area contributed by atoms with Crippen LogP contribution in [0.3, 0.4) is 0 Å². The van der Waals surface area contributed by atoms with Gasteiger partial charge in [-0.25, -0.2) is 4.98 Å². The Morgan fingerprint density at radius 3 is 2.25 bits per heavy atom. The Labute approximate surface area is 451 Å². The largest absolute Gasteiger partial charge is 0.494 e. The number of likely N-dealkylation sites (tertiary alicyclic amines) is 2. The predicted octanol–water partition coefficient (Wildman–Crippen LogP) is 9.65. The van der Waals surface area contributed by atoms with Gasteiger partial charge in [0, 0.05) is 36.4 Å². The zero-order chi connectivity index (χ0) is 55.0. The Morgan fingerprint density at radius 1 is 0.961 bits per heavy atom. The molecule has 14 nitrogen and oxygen atoms in total. The number of amides is 4. The number of aliphatic hydroxyl groups is 1. The topological polar surface area (TPSA) is 180 Å². The summed E-state index contributed by atoms with van der Waals surface area (Å²) < 4.78 is 46.6. The van der Waals surface area contributed by atoms with E-state index >= 15 is 0 Å². The number of aromatic nitrogens is 1. The van der Waals surface area contributed by atoms with Crippen molar-refractivity contribution in [1.29, 1.82) is 5.26 Å². The van der Waals surface area contributed by atoms with E-state index in [-0.39, 0.29) is 31.1 Å². The van der Waals surface area contributed by atoms with Crippen molar-refractivity contribution < 1.29 is 42.2 Å². The van der Waals surface area contributed by atoms with Crippen LogP contribution in [0.5, 0.6) is 5.75 Å². The molecular weight excluding hydrogens is 1010 g/mol. The summed E-state index contributed by atoms with van der Waals surface area (Å²) in [4.78, 5) is 65.7. The molecule has 7 rings (SSSR count). The second kappa shape index (κ2) is 24.5. The molecule has 0 bridgehead atoms. The molecule has 76 heavy (non-hydrogen) atoms. The molecule has 3 atom stereocenters. The maximum absolute atomic E-state index is 14.2. The van der Waals surface area contributed by atoms with Crippen LogP contribution < -0.4 is 25.6 Å². The van der Waals surface area contributed by atoms with Crippen molar-refractivity contribution in [3.8, 4) is 22.3 Å². The fourth-order valence-corrected chi connectivity index (χ4v) is 10.8. The highest BCUT2D eigenvalue weighted by Gasteiger charge is 2.45. The fourth-order valence-electron chi connectivity index (χ4n) is 9.58. The van der Waals surface area contributed by atoms with Crippen molar-refractivity contribution in [1.82, 2.24) is 25.4 Å². The first kappa shape index (κ1) is 57.0. The lowest BCUT2D eigenvalue weighted by Crippen LogP contribution is -2.57. The van der Waals surface area contributed by atoms with E-state index in [0.29, 0.717) is 29.5 Å². The van der Waals surface area contributed by atoms with Crippen LogP contribution in [0, 0.1) is 23.7 Å². The number of aliphatic hydroxyl groups excluding tert-OH is 1. The minimum atomic E-state index is -4.77. The smallest absolute Gasteiger partial charge is 0.417 e. The molecule has 4 amide bonds. The highest BCUT2D eigenvalue weighted by Crippen LogP contribution is 2.35. The van der Waals surface area contributed by atoms with Crippen molar-refractivity contribution in [2.24, 2.45) is 5.41 Å². The number of benzene rings is 4. The maximum Gasteiger partial charge on any atom is 0.417 e. The molecule has 0 aliphatic carbocycles. The van der Waals surface area contributed by atoms with Crippen molar-refractivity contribution in [3.63, 3.8) is 0 Å². The number of unbranched alkanes of at least 4 members (excludes halogenated alkanes) is 1. The lowest BCUT2D eigenvalue weighted by Gasteiger charge is -2.35. The van der Waals surface area contributed by atoms with Crippen molar-refractivity contribution in [2.45, 2.75) is 116 Å². The number of rotatable bonds is 19. The molecule has 4 N–H and O–H groups in total. The zero-order valence-electron chi connectivity index (χ0n) is 43.6. The number of anilines is 2. The molecule has 4 aromatic carbocycles. The Balaban J connectivity index is 0.830. The second-order valence-electron chi connectivity index (χ2n) is 21.0. The van der Waals surface area contributed by atoms with Gasteiger partial charge >= 0.3 is 6.18 Å². The molecule has 2 saturated heterocycles. The first-order chi connectivity index (χ1) is 36.1. The van der Waals surface area contributed by atoms with Crippen LogP contribution in [-0.2, 0) is 27.1 Å². The van der Waals surface area contributed by atoms with Crippen LogP contribution in [0.2, 0.25) is 0 Å². The SMILES string of the molecule is Cc1ncsc1-c1ccc(CNC(=O)[C@@H]2C[C@@H](O)CN2C(=O)[C@@H](NC(=O)c2ccc(C3CCN(CCCCOc4ccc(N(C=S)C(C)(C)C(=O)Nc5ccc(C#N)c(C(F)(F)F)c5)cc4)CC3)cc2)C(C)(C)C)cc1. The molecular formula is C57H65F3N8O6S2. The Hall–Kier alpha value is -6.72. The molecule has 2 fully saturated rings. The molecule has 2 aliphatic heterocycles. The third-order valence-corrected chi connectivity index (χ3v) is 15.3. The number of alkyl halides is 3. The number of piperidine rings is 1. The fraction of sp³-hybridized carbons (Fsp3) is 0.421. The number of nitrogens with one attached hydrogen (secondary N) is 3. The lowest BCUT2D eigenvalue weighted by atomic mass is 9.85. The van der Waals surface area contributed by atoms with Crippen molar-refractivity contribution >= 4 is 64.0 Å². The molecule has 3 heterocycles. The van der Waals surface area contributed by atoms with Gasteiger partial charge in [-0.05, 0) is 149 Å². The van der Waals surface area contributed by atoms with Crippen molar-refractivity contribution in [2.75, 3.05) is 43.0 Å². The quantitative estimate of drug-likeness (QED) is 0.0457. The van der Waals surface area contributed by atoms with Gasteiger partial charge in [-0.15, -0.1) is 11.3 Å². The number of ether oxygens (including phenoxy) is 1. The van der Waals surface area contributed by atoms with Crippen LogP contribution in [-0.4, -0.2) is 106 Å². The van der Waals surface area contributed by atoms with E-state index in [1.807, 2.05) is 69.6 Å². The lowest BCUT2D eigenvalue weighted by molar-refractivity contribution is -0.142. The number of thiazole rings is 1. The summed E-state index contributed by atoms with van der Waals surface area (Å²) in [5, 5.41) is 28.2. The number of nitriles is 1. The maximum atomic E-state index is 14.2.